The lowest BCUT2D eigenvalue weighted by Crippen LogP contribution is -2.11. The van der Waals surface area contributed by atoms with Crippen LogP contribution in [0.3, 0.4) is 0 Å². The van der Waals surface area contributed by atoms with E-state index in [1.54, 1.807) is 6.07 Å². The van der Waals surface area contributed by atoms with Crippen LogP contribution in [0.5, 0.6) is 0 Å². The molecule has 1 aromatic carbocycles. The van der Waals surface area contributed by atoms with Crippen molar-refractivity contribution in [2.24, 2.45) is 0 Å². The lowest BCUT2D eigenvalue weighted by Gasteiger charge is -2.14. The second kappa shape index (κ2) is 15.0. The van der Waals surface area contributed by atoms with Crippen molar-refractivity contribution in [3.8, 4) is 0 Å². The highest BCUT2D eigenvalue weighted by Gasteiger charge is 2.20. The van der Waals surface area contributed by atoms with Crippen molar-refractivity contribution in [1.29, 1.82) is 0 Å². The van der Waals surface area contributed by atoms with Gasteiger partial charge in [0.05, 0.1) is 11.5 Å². The molecule has 0 saturated heterocycles. The topological polar surface area (TPSA) is 43.4 Å². The number of rotatable bonds is 17. The Hall–Kier alpha value is -0.870. The molecule has 0 aliphatic heterocycles. The maximum absolute atomic E-state index is 12.6. The standard InChI is InChI=1S/C26H46O3S/c1-6-7-8-9-10-11-12-13-14-15-16-17-18-19-20-29-30(27,28)26-21-22(2)23(3)24(4)25(26)5/h21H,6-20H2,1-5H3. The molecule has 0 unspecified atom stereocenters. The molecule has 0 aliphatic carbocycles. The summed E-state index contributed by atoms with van der Waals surface area (Å²) in [5.41, 5.74) is 3.99. The van der Waals surface area contributed by atoms with Gasteiger partial charge < -0.3 is 0 Å². The van der Waals surface area contributed by atoms with Crippen LogP contribution in [0.15, 0.2) is 11.0 Å². The van der Waals surface area contributed by atoms with E-state index in [1.807, 2.05) is 27.7 Å². The van der Waals surface area contributed by atoms with Gasteiger partial charge in [-0.05, 0) is 62.4 Å². The molecule has 1 aromatic rings. The maximum Gasteiger partial charge on any atom is 0.297 e. The molecule has 0 amide bonds. The van der Waals surface area contributed by atoms with Gasteiger partial charge in [-0.1, -0.05) is 90.4 Å². The fourth-order valence-electron chi connectivity index (χ4n) is 3.96. The van der Waals surface area contributed by atoms with E-state index in [2.05, 4.69) is 6.92 Å². The fourth-order valence-corrected chi connectivity index (χ4v) is 5.28. The van der Waals surface area contributed by atoms with E-state index in [0.717, 1.165) is 35.1 Å². The van der Waals surface area contributed by atoms with Crippen molar-refractivity contribution in [2.45, 2.75) is 129 Å². The van der Waals surface area contributed by atoms with Crippen molar-refractivity contribution in [3.05, 3.63) is 28.3 Å². The highest BCUT2D eigenvalue weighted by molar-refractivity contribution is 7.86. The van der Waals surface area contributed by atoms with Gasteiger partial charge in [-0.25, -0.2) is 0 Å². The molecule has 0 aliphatic rings. The van der Waals surface area contributed by atoms with E-state index in [0.29, 0.717) is 4.90 Å². The van der Waals surface area contributed by atoms with Crippen molar-refractivity contribution < 1.29 is 12.6 Å². The highest BCUT2D eigenvalue weighted by atomic mass is 32.2. The molecule has 0 atom stereocenters. The minimum Gasteiger partial charge on any atom is -0.266 e. The first-order valence-electron chi connectivity index (χ1n) is 12.3. The van der Waals surface area contributed by atoms with Gasteiger partial charge >= 0.3 is 0 Å². The van der Waals surface area contributed by atoms with E-state index >= 15 is 0 Å². The largest absolute Gasteiger partial charge is 0.297 e. The summed E-state index contributed by atoms with van der Waals surface area (Å²) in [5, 5.41) is 0. The molecule has 0 bridgehead atoms. The van der Waals surface area contributed by atoms with Crippen LogP contribution < -0.4 is 0 Å². The van der Waals surface area contributed by atoms with Gasteiger partial charge in [0, 0.05) is 0 Å². The zero-order chi connectivity index (χ0) is 22.4. The van der Waals surface area contributed by atoms with Crippen molar-refractivity contribution in [2.75, 3.05) is 6.61 Å². The minimum atomic E-state index is -3.67. The van der Waals surface area contributed by atoms with Crippen molar-refractivity contribution >= 4 is 10.1 Å². The van der Waals surface area contributed by atoms with Crippen LogP contribution in [0, 0.1) is 27.7 Å². The van der Waals surface area contributed by atoms with E-state index in [4.69, 9.17) is 4.18 Å². The lowest BCUT2D eigenvalue weighted by molar-refractivity contribution is 0.306. The third-order valence-electron chi connectivity index (χ3n) is 6.44. The number of unbranched alkanes of at least 4 members (excludes halogenated alkanes) is 13. The van der Waals surface area contributed by atoms with Gasteiger partial charge in [0.25, 0.3) is 10.1 Å². The van der Waals surface area contributed by atoms with Crippen molar-refractivity contribution in [3.63, 3.8) is 0 Å². The quantitative estimate of drug-likeness (QED) is 0.182. The van der Waals surface area contributed by atoms with Gasteiger partial charge in [-0.2, -0.15) is 8.42 Å². The van der Waals surface area contributed by atoms with Gasteiger partial charge in [0.1, 0.15) is 0 Å². The Morgan fingerprint density at radius 1 is 0.633 bits per heavy atom. The number of benzene rings is 1. The van der Waals surface area contributed by atoms with Gasteiger partial charge in [0.15, 0.2) is 0 Å². The average molecular weight is 439 g/mol. The van der Waals surface area contributed by atoms with Gasteiger partial charge in [0.2, 0.25) is 0 Å². The summed E-state index contributed by atoms with van der Waals surface area (Å²) < 4.78 is 30.5. The molecule has 0 radical (unpaired) electrons. The normalized spacial score (nSPS) is 11.9. The zero-order valence-corrected chi connectivity index (χ0v) is 21.1. The monoisotopic (exact) mass is 438 g/mol. The SMILES string of the molecule is CCCCCCCCCCCCCCCCOS(=O)(=O)c1cc(C)c(C)c(C)c1C. The molecule has 0 heterocycles. The van der Waals surface area contributed by atoms with Crippen LogP contribution in [0.2, 0.25) is 0 Å². The smallest absolute Gasteiger partial charge is 0.266 e. The Balaban J connectivity index is 2.10. The summed E-state index contributed by atoms with van der Waals surface area (Å²) in [5.74, 6) is 0. The second-order valence-electron chi connectivity index (χ2n) is 8.94. The number of aryl methyl sites for hydroxylation is 1. The molecule has 0 aromatic heterocycles. The lowest BCUT2D eigenvalue weighted by atomic mass is 10.00. The number of hydrogen-bond acceptors (Lipinski definition) is 3. The molecule has 174 valence electrons. The van der Waals surface area contributed by atoms with Crippen LogP contribution in [-0.4, -0.2) is 15.0 Å². The third kappa shape index (κ3) is 9.96. The van der Waals surface area contributed by atoms with Crippen LogP contribution in [0.25, 0.3) is 0 Å². The minimum absolute atomic E-state index is 0.284. The molecule has 0 fully saturated rings. The Bertz CT molecular complexity index is 707. The van der Waals surface area contributed by atoms with E-state index in [9.17, 15) is 8.42 Å². The summed E-state index contributed by atoms with van der Waals surface area (Å²) in [4.78, 5) is 0.327. The first-order chi connectivity index (χ1) is 14.3. The molecule has 3 nitrogen and oxygen atoms in total. The summed E-state index contributed by atoms with van der Waals surface area (Å²) in [6.45, 7) is 10.4. The summed E-state index contributed by atoms with van der Waals surface area (Å²) in [6.07, 6.45) is 18.0. The maximum atomic E-state index is 12.6. The van der Waals surface area contributed by atoms with Crippen LogP contribution in [-0.2, 0) is 14.3 Å². The van der Waals surface area contributed by atoms with Crippen molar-refractivity contribution in [1.82, 2.24) is 0 Å². The molecule has 0 saturated carbocycles. The molecule has 30 heavy (non-hydrogen) atoms. The fraction of sp³-hybridized carbons (Fsp3) is 0.769. The van der Waals surface area contributed by atoms with E-state index < -0.39 is 10.1 Å². The molecular weight excluding hydrogens is 392 g/mol. The predicted octanol–water partition coefficient (Wildman–Crippen LogP) is 8.11. The van der Waals surface area contributed by atoms with Crippen LogP contribution in [0.1, 0.15) is 119 Å². The van der Waals surface area contributed by atoms with Gasteiger partial charge in [-0.3, -0.25) is 4.18 Å². The molecule has 0 spiro atoms. The Labute approximate surface area is 187 Å². The van der Waals surface area contributed by atoms with E-state index in [-0.39, 0.29) is 6.61 Å². The third-order valence-corrected chi connectivity index (χ3v) is 7.88. The van der Waals surface area contributed by atoms with E-state index in [1.165, 1.54) is 77.0 Å². The van der Waals surface area contributed by atoms with Crippen LogP contribution in [0.4, 0.5) is 0 Å². The summed E-state index contributed by atoms with van der Waals surface area (Å²) in [7, 11) is -3.67. The average Bonchev–Trinajstić information content (AvgIpc) is 2.71. The summed E-state index contributed by atoms with van der Waals surface area (Å²) in [6, 6.07) is 1.75. The van der Waals surface area contributed by atoms with Crippen LogP contribution >= 0.6 is 0 Å². The predicted molar refractivity (Wildman–Crippen MR) is 129 cm³/mol. The first-order valence-corrected chi connectivity index (χ1v) is 13.7. The summed E-state index contributed by atoms with van der Waals surface area (Å²) >= 11 is 0. The molecular formula is C26H46O3S. The Kier molecular flexibility index (Phi) is 13.6. The Morgan fingerprint density at radius 2 is 1.07 bits per heavy atom. The Morgan fingerprint density at radius 3 is 1.53 bits per heavy atom. The molecule has 1 rings (SSSR count). The molecule has 0 N–H and O–H groups in total. The number of hydrogen-bond donors (Lipinski definition) is 0. The highest BCUT2D eigenvalue weighted by Crippen LogP contribution is 2.26. The second-order valence-corrected chi connectivity index (χ2v) is 10.5. The first kappa shape index (κ1) is 27.2. The van der Waals surface area contributed by atoms with Gasteiger partial charge in [-0.15, -0.1) is 0 Å². The molecule has 4 heteroatoms. The zero-order valence-electron chi connectivity index (χ0n) is 20.3.